The number of carbonyl (C=O) groups is 1. The maximum atomic E-state index is 12.2. The molecule has 0 fully saturated rings. The highest BCUT2D eigenvalue weighted by Crippen LogP contribution is 2.13. The van der Waals surface area contributed by atoms with E-state index in [1.54, 1.807) is 0 Å². The Morgan fingerprint density at radius 1 is 1.35 bits per heavy atom. The number of aryl methyl sites for hydroxylation is 1. The molecule has 0 aliphatic carbocycles. The van der Waals surface area contributed by atoms with Crippen molar-refractivity contribution < 1.29 is 18.3 Å². The third-order valence-electron chi connectivity index (χ3n) is 2.73. The van der Waals surface area contributed by atoms with Crippen molar-refractivity contribution in [1.29, 1.82) is 0 Å². The molecule has 8 nitrogen and oxygen atoms in total. The topological polar surface area (TPSA) is 95.7 Å². The Labute approximate surface area is 118 Å². The predicted octanol–water partition coefficient (Wildman–Crippen LogP) is -0.460. The number of rotatable bonds is 8. The van der Waals surface area contributed by atoms with E-state index in [1.807, 2.05) is 19.0 Å². The third kappa shape index (κ3) is 4.58. The molecule has 1 heterocycles. The zero-order valence-electron chi connectivity index (χ0n) is 11.9. The van der Waals surface area contributed by atoms with Crippen LogP contribution in [0.4, 0.5) is 0 Å². The molecule has 9 heteroatoms. The molecule has 1 rings (SSSR count). The maximum Gasteiger partial charge on any atom is 0.305 e. The number of carboxylic acid groups (broad SMARTS) is 1. The first-order chi connectivity index (χ1) is 9.23. The van der Waals surface area contributed by atoms with Crippen molar-refractivity contribution >= 4 is 16.0 Å². The molecule has 0 saturated carbocycles. The van der Waals surface area contributed by atoms with Gasteiger partial charge in [-0.1, -0.05) is 0 Å². The second kappa shape index (κ2) is 6.82. The van der Waals surface area contributed by atoms with Crippen LogP contribution in [-0.2, 0) is 21.4 Å². The monoisotopic (exact) mass is 304 g/mol. The van der Waals surface area contributed by atoms with Crippen molar-refractivity contribution in [2.75, 3.05) is 34.2 Å². The molecular weight excluding hydrogens is 284 g/mol. The molecule has 1 aromatic rings. The van der Waals surface area contributed by atoms with Crippen molar-refractivity contribution in [1.82, 2.24) is 19.0 Å². The van der Waals surface area contributed by atoms with Gasteiger partial charge in [-0.05, 0) is 14.1 Å². The van der Waals surface area contributed by atoms with Crippen LogP contribution in [0.2, 0.25) is 0 Å². The fraction of sp³-hybridized carbons (Fsp3) is 0.636. The van der Waals surface area contributed by atoms with Gasteiger partial charge in [-0.2, -0.15) is 9.40 Å². The second-order valence-corrected chi connectivity index (χ2v) is 6.76. The molecule has 20 heavy (non-hydrogen) atoms. The number of hydrogen-bond acceptors (Lipinski definition) is 5. The van der Waals surface area contributed by atoms with E-state index in [9.17, 15) is 13.2 Å². The van der Waals surface area contributed by atoms with E-state index in [0.717, 1.165) is 0 Å². The molecule has 0 atom stereocenters. The van der Waals surface area contributed by atoms with Gasteiger partial charge in [0.2, 0.25) is 10.0 Å². The first kappa shape index (κ1) is 16.6. The van der Waals surface area contributed by atoms with Crippen molar-refractivity contribution in [2.45, 2.75) is 17.9 Å². The SMILES string of the molecule is CN(C)CCN(C)S(=O)(=O)c1cnn(CCC(=O)O)c1. The number of aromatic nitrogens is 2. The summed E-state index contributed by atoms with van der Waals surface area (Å²) < 4.78 is 27.0. The standard InChI is InChI=1S/C11H20N4O4S/c1-13(2)6-7-14(3)20(18,19)10-8-12-15(9-10)5-4-11(16)17/h8-9H,4-7H2,1-3H3,(H,16,17). The van der Waals surface area contributed by atoms with Crippen molar-refractivity contribution in [3.8, 4) is 0 Å². The van der Waals surface area contributed by atoms with Crippen LogP contribution in [-0.4, -0.2) is 72.7 Å². The molecule has 0 saturated heterocycles. The summed E-state index contributed by atoms with van der Waals surface area (Å²) in [4.78, 5) is 12.4. The number of carboxylic acids is 1. The second-order valence-electron chi connectivity index (χ2n) is 4.71. The highest BCUT2D eigenvalue weighted by atomic mass is 32.2. The Morgan fingerprint density at radius 2 is 2.00 bits per heavy atom. The minimum Gasteiger partial charge on any atom is -0.481 e. The van der Waals surface area contributed by atoms with E-state index in [-0.39, 0.29) is 17.9 Å². The normalized spacial score (nSPS) is 12.2. The van der Waals surface area contributed by atoms with E-state index in [4.69, 9.17) is 5.11 Å². The predicted molar refractivity (Wildman–Crippen MR) is 72.8 cm³/mol. The average Bonchev–Trinajstić information content (AvgIpc) is 2.82. The van der Waals surface area contributed by atoms with Gasteiger partial charge in [0, 0.05) is 26.3 Å². The van der Waals surface area contributed by atoms with Crippen LogP contribution in [0, 0.1) is 0 Å². The molecule has 0 aromatic carbocycles. The van der Waals surface area contributed by atoms with Gasteiger partial charge in [0.15, 0.2) is 0 Å². The first-order valence-corrected chi connectivity index (χ1v) is 7.53. The number of likely N-dealkylation sites (N-methyl/N-ethyl adjacent to an activating group) is 2. The number of sulfonamides is 1. The molecule has 0 aliphatic heterocycles. The van der Waals surface area contributed by atoms with E-state index in [1.165, 1.54) is 28.4 Å². The Kier molecular flexibility index (Phi) is 5.66. The lowest BCUT2D eigenvalue weighted by molar-refractivity contribution is -0.137. The van der Waals surface area contributed by atoms with Gasteiger partial charge in [-0.15, -0.1) is 0 Å². The zero-order valence-corrected chi connectivity index (χ0v) is 12.7. The molecule has 1 N–H and O–H groups in total. The smallest absolute Gasteiger partial charge is 0.305 e. The molecular formula is C11H20N4O4S. The molecule has 0 amide bonds. The van der Waals surface area contributed by atoms with Crippen LogP contribution >= 0.6 is 0 Å². The van der Waals surface area contributed by atoms with Gasteiger partial charge in [0.25, 0.3) is 0 Å². The number of hydrogen-bond donors (Lipinski definition) is 1. The van der Waals surface area contributed by atoms with Crippen LogP contribution in [0.15, 0.2) is 17.3 Å². The lowest BCUT2D eigenvalue weighted by Crippen LogP contribution is -2.33. The maximum absolute atomic E-state index is 12.2. The van der Waals surface area contributed by atoms with Crippen LogP contribution in [0.1, 0.15) is 6.42 Å². The summed E-state index contributed by atoms with van der Waals surface area (Å²) in [5, 5.41) is 12.4. The zero-order chi connectivity index (χ0) is 15.3. The van der Waals surface area contributed by atoms with Crippen LogP contribution in [0.3, 0.4) is 0 Å². The highest BCUT2D eigenvalue weighted by Gasteiger charge is 2.22. The van der Waals surface area contributed by atoms with Crippen LogP contribution < -0.4 is 0 Å². The summed E-state index contributed by atoms with van der Waals surface area (Å²) in [6.07, 6.45) is 2.49. The lowest BCUT2D eigenvalue weighted by atomic mass is 10.4. The van der Waals surface area contributed by atoms with Gasteiger partial charge in [0.1, 0.15) is 4.90 Å². The Bertz CT molecular complexity index is 553. The van der Waals surface area contributed by atoms with E-state index >= 15 is 0 Å². The highest BCUT2D eigenvalue weighted by molar-refractivity contribution is 7.89. The van der Waals surface area contributed by atoms with E-state index < -0.39 is 16.0 Å². The average molecular weight is 304 g/mol. The van der Waals surface area contributed by atoms with Crippen LogP contribution in [0.25, 0.3) is 0 Å². The van der Waals surface area contributed by atoms with Crippen LogP contribution in [0.5, 0.6) is 0 Å². The fourth-order valence-electron chi connectivity index (χ4n) is 1.45. The summed E-state index contributed by atoms with van der Waals surface area (Å²) in [5.41, 5.74) is 0. The van der Waals surface area contributed by atoms with Crippen molar-refractivity contribution in [3.05, 3.63) is 12.4 Å². The Balaban J connectivity index is 2.74. The Hall–Kier alpha value is -1.45. The van der Waals surface area contributed by atoms with Gasteiger partial charge in [0.05, 0.1) is 19.2 Å². The summed E-state index contributed by atoms with van der Waals surface area (Å²) in [6.45, 7) is 1.13. The van der Waals surface area contributed by atoms with Gasteiger partial charge >= 0.3 is 5.97 Å². The molecule has 0 unspecified atom stereocenters. The minimum absolute atomic E-state index is 0.0733. The Morgan fingerprint density at radius 3 is 2.55 bits per heavy atom. The van der Waals surface area contributed by atoms with Gasteiger partial charge in [-0.25, -0.2) is 8.42 Å². The molecule has 0 spiro atoms. The molecule has 0 aliphatic rings. The van der Waals surface area contributed by atoms with E-state index in [0.29, 0.717) is 13.1 Å². The molecule has 1 aromatic heterocycles. The fourth-order valence-corrected chi connectivity index (χ4v) is 2.57. The van der Waals surface area contributed by atoms with Gasteiger partial charge in [-0.3, -0.25) is 9.48 Å². The summed E-state index contributed by atoms with van der Waals surface area (Å²) in [5.74, 6) is -0.951. The van der Waals surface area contributed by atoms with Crippen molar-refractivity contribution in [2.24, 2.45) is 0 Å². The van der Waals surface area contributed by atoms with Crippen molar-refractivity contribution in [3.63, 3.8) is 0 Å². The quantitative estimate of drug-likeness (QED) is 0.698. The molecule has 0 bridgehead atoms. The summed E-state index contributed by atoms with van der Waals surface area (Å²) in [6, 6.07) is 0. The minimum atomic E-state index is -3.58. The third-order valence-corrected chi connectivity index (χ3v) is 4.54. The number of nitrogens with zero attached hydrogens (tertiary/aromatic N) is 4. The molecule has 114 valence electrons. The summed E-state index contributed by atoms with van der Waals surface area (Å²) >= 11 is 0. The first-order valence-electron chi connectivity index (χ1n) is 6.09. The van der Waals surface area contributed by atoms with E-state index in [2.05, 4.69) is 5.10 Å². The lowest BCUT2D eigenvalue weighted by Gasteiger charge is -2.18. The number of aliphatic carboxylic acids is 1. The molecule has 0 radical (unpaired) electrons. The van der Waals surface area contributed by atoms with Gasteiger partial charge < -0.3 is 10.0 Å². The summed E-state index contributed by atoms with van der Waals surface area (Å²) in [7, 11) is 1.66. The largest absolute Gasteiger partial charge is 0.481 e.